The lowest BCUT2D eigenvalue weighted by Gasteiger charge is -2.32. The van der Waals surface area contributed by atoms with Gasteiger partial charge in [-0.05, 0) is 36.1 Å². The molecule has 45 heavy (non-hydrogen) atoms. The van der Waals surface area contributed by atoms with Gasteiger partial charge in [0, 0.05) is 12.1 Å². The average molecular weight is 613 g/mol. The normalized spacial score (nSPS) is 16.0. The molecule has 1 aliphatic carbocycles. The number of aromatic nitrogens is 2. The summed E-state index contributed by atoms with van der Waals surface area (Å²) >= 11 is 0. The van der Waals surface area contributed by atoms with Crippen LogP contribution in [0, 0.1) is 0 Å². The number of hydrogen-bond donors (Lipinski definition) is 3. The molecule has 1 saturated carbocycles. The number of carboxylic acids is 1. The van der Waals surface area contributed by atoms with Crippen molar-refractivity contribution in [1.29, 1.82) is 0 Å². The van der Waals surface area contributed by atoms with E-state index in [1.54, 1.807) is 18.2 Å². The average Bonchev–Trinajstić information content (AvgIpc) is 3.49. The molecule has 1 heterocycles. The monoisotopic (exact) mass is 612 g/mol. The van der Waals surface area contributed by atoms with E-state index in [0.717, 1.165) is 47.6 Å². The quantitative estimate of drug-likeness (QED) is 0.190. The van der Waals surface area contributed by atoms with Crippen LogP contribution in [-0.2, 0) is 29.3 Å². The molecule has 0 radical (unpaired) electrons. The molecule has 234 valence electrons. The number of aromatic carboxylic acids is 1. The van der Waals surface area contributed by atoms with Crippen LogP contribution in [0.3, 0.4) is 0 Å². The van der Waals surface area contributed by atoms with Gasteiger partial charge >= 0.3 is 5.97 Å². The van der Waals surface area contributed by atoms with Gasteiger partial charge in [0.1, 0.15) is 30.3 Å². The predicted molar refractivity (Wildman–Crippen MR) is 166 cm³/mol. The zero-order valence-electron chi connectivity index (χ0n) is 25.0. The standard InChI is InChI=1S/C34H36N4O7/c1-43-25-16-17-27(31(18-25)45-22-24-12-6-3-7-13-24)36-33(40)29-19-28(34(41)42)37-38(29)20-32(39)35-26-14-8-9-15-30(26)44-21-23-10-4-2-5-11-23/h2-7,10-13,16-19,26,30H,8-9,14-15,20-22H2,1H3,(H,35,39)(H,36,40)(H,41,42)/t26?,30-/m0/s1. The Bertz CT molecular complexity index is 1610. The van der Waals surface area contributed by atoms with Crippen molar-refractivity contribution in [3.8, 4) is 11.5 Å². The van der Waals surface area contributed by atoms with Crippen LogP contribution in [0.4, 0.5) is 5.69 Å². The van der Waals surface area contributed by atoms with Crippen molar-refractivity contribution in [2.75, 3.05) is 12.4 Å². The van der Waals surface area contributed by atoms with Crippen LogP contribution >= 0.6 is 0 Å². The van der Waals surface area contributed by atoms with Crippen molar-refractivity contribution in [1.82, 2.24) is 15.1 Å². The first kappa shape index (κ1) is 31.3. The number of nitrogens with one attached hydrogen (secondary N) is 2. The molecule has 0 spiro atoms. The molecule has 2 atom stereocenters. The summed E-state index contributed by atoms with van der Waals surface area (Å²) in [5.74, 6) is -1.49. The molecular weight excluding hydrogens is 576 g/mol. The molecule has 2 amide bonds. The third-order valence-electron chi connectivity index (χ3n) is 7.56. The zero-order chi connectivity index (χ0) is 31.6. The Morgan fingerprint density at radius 3 is 2.29 bits per heavy atom. The molecule has 3 N–H and O–H groups in total. The van der Waals surface area contributed by atoms with Crippen LogP contribution in [-0.4, -0.2) is 51.9 Å². The summed E-state index contributed by atoms with van der Waals surface area (Å²) in [6.07, 6.45) is 3.35. The van der Waals surface area contributed by atoms with E-state index in [0.29, 0.717) is 23.8 Å². The van der Waals surface area contributed by atoms with E-state index in [-0.39, 0.29) is 36.7 Å². The Balaban J connectivity index is 1.28. The molecule has 1 aromatic heterocycles. The Morgan fingerprint density at radius 1 is 0.911 bits per heavy atom. The van der Waals surface area contributed by atoms with Crippen LogP contribution in [0.25, 0.3) is 0 Å². The Kier molecular flexibility index (Phi) is 10.4. The van der Waals surface area contributed by atoms with E-state index >= 15 is 0 Å². The van der Waals surface area contributed by atoms with E-state index in [9.17, 15) is 19.5 Å². The molecule has 1 unspecified atom stereocenters. The lowest BCUT2D eigenvalue weighted by Crippen LogP contribution is -2.47. The second kappa shape index (κ2) is 15.0. The number of benzene rings is 3. The number of hydrogen-bond acceptors (Lipinski definition) is 7. The van der Waals surface area contributed by atoms with Crippen LogP contribution < -0.4 is 20.1 Å². The van der Waals surface area contributed by atoms with Gasteiger partial charge in [-0.25, -0.2) is 9.48 Å². The van der Waals surface area contributed by atoms with Gasteiger partial charge in [0.15, 0.2) is 5.69 Å². The minimum atomic E-state index is -1.32. The lowest BCUT2D eigenvalue weighted by atomic mass is 9.92. The van der Waals surface area contributed by atoms with Crippen LogP contribution in [0.5, 0.6) is 11.5 Å². The number of carbonyl (C=O) groups excluding carboxylic acids is 2. The molecule has 0 aliphatic heterocycles. The van der Waals surface area contributed by atoms with Crippen molar-refractivity contribution in [3.63, 3.8) is 0 Å². The van der Waals surface area contributed by atoms with E-state index in [1.807, 2.05) is 60.7 Å². The van der Waals surface area contributed by atoms with Gasteiger partial charge in [0.2, 0.25) is 5.91 Å². The molecule has 1 aliphatic rings. The van der Waals surface area contributed by atoms with Gasteiger partial charge in [-0.3, -0.25) is 9.59 Å². The summed E-state index contributed by atoms with van der Waals surface area (Å²) < 4.78 is 18.6. The van der Waals surface area contributed by atoms with E-state index in [1.165, 1.54) is 7.11 Å². The smallest absolute Gasteiger partial charge is 0.356 e. The number of amides is 2. The van der Waals surface area contributed by atoms with Crippen molar-refractivity contribution < 1.29 is 33.7 Å². The van der Waals surface area contributed by atoms with E-state index in [4.69, 9.17) is 14.2 Å². The maximum absolute atomic E-state index is 13.5. The van der Waals surface area contributed by atoms with Crippen molar-refractivity contribution in [2.45, 2.75) is 57.6 Å². The first-order valence-corrected chi connectivity index (χ1v) is 14.8. The molecule has 3 aromatic carbocycles. The number of anilines is 1. The topological polar surface area (TPSA) is 141 Å². The zero-order valence-corrected chi connectivity index (χ0v) is 25.0. The fraction of sp³-hybridized carbons (Fsp3) is 0.294. The largest absolute Gasteiger partial charge is 0.497 e. The molecule has 0 bridgehead atoms. The maximum Gasteiger partial charge on any atom is 0.356 e. The van der Waals surface area contributed by atoms with Gasteiger partial charge < -0.3 is 30.0 Å². The van der Waals surface area contributed by atoms with Crippen LogP contribution in [0.1, 0.15) is 57.8 Å². The molecule has 4 aromatic rings. The third-order valence-corrected chi connectivity index (χ3v) is 7.56. The van der Waals surface area contributed by atoms with Gasteiger partial charge in [0.25, 0.3) is 5.91 Å². The van der Waals surface area contributed by atoms with Crippen molar-refractivity contribution in [2.24, 2.45) is 0 Å². The highest BCUT2D eigenvalue weighted by Gasteiger charge is 2.28. The van der Waals surface area contributed by atoms with Crippen molar-refractivity contribution in [3.05, 3.63) is 107 Å². The number of ether oxygens (including phenoxy) is 3. The second-order valence-electron chi connectivity index (χ2n) is 10.8. The fourth-order valence-electron chi connectivity index (χ4n) is 5.23. The van der Waals surface area contributed by atoms with E-state index in [2.05, 4.69) is 15.7 Å². The highest BCUT2D eigenvalue weighted by atomic mass is 16.5. The first-order chi connectivity index (χ1) is 21.9. The minimum absolute atomic E-state index is 0.0899. The SMILES string of the molecule is COc1ccc(NC(=O)c2cc(C(=O)O)nn2CC(=O)NC2CCCC[C@@H]2OCc2ccccc2)c(OCc2ccccc2)c1. The predicted octanol–water partition coefficient (Wildman–Crippen LogP) is 5.07. The Labute approximate surface area is 261 Å². The van der Waals surface area contributed by atoms with Gasteiger partial charge in [-0.1, -0.05) is 73.5 Å². The molecule has 11 nitrogen and oxygen atoms in total. The van der Waals surface area contributed by atoms with Crippen LogP contribution in [0.2, 0.25) is 0 Å². The van der Waals surface area contributed by atoms with Crippen molar-refractivity contribution >= 4 is 23.5 Å². The maximum atomic E-state index is 13.5. The van der Waals surface area contributed by atoms with Crippen LogP contribution in [0.15, 0.2) is 84.9 Å². The number of nitrogens with zero attached hydrogens (tertiary/aromatic N) is 2. The summed E-state index contributed by atoms with van der Waals surface area (Å²) in [6.45, 7) is 0.332. The third kappa shape index (κ3) is 8.48. The second-order valence-corrected chi connectivity index (χ2v) is 10.8. The molecule has 11 heteroatoms. The minimum Gasteiger partial charge on any atom is -0.497 e. The molecule has 1 fully saturated rings. The highest BCUT2D eigenvalue weighted by molar-refractivity contribution is 6.05. The number of carbonyl (C=O) groups is 3. The Morgan fingerprint density at radius 2 is 1.60 bits per heavy atom. The molecule has 5 rings (SSSR count). The first-order valence-electron chi connectivity index (χ1n) is 14.8. The van der Waals surface area contributed by atoms with Gasteiger partial charge in [-0.2, -0.15) is 5.10 Å². The number of carboxylic acid groups (broad SMARTS) is 1. The lowest BCUT2D eigenvalue weighted by molar-refractivity contribution is -0.124. The van der Waals surface area contributed by atoms with Gasteiger partial charge in [0.05, 0.1) is 31.5 Å². The Hall–Kier alpha value is -5.16. The van der Waals surface area contributed by atoms with E-state index < -0.39 is 17.8 Å². The highest BCUT2D eigenvalue weighted by Crippen LogP contribution is 2.31. The summed E-state index contributed by atoms with van der Waals surface area (Å²) in [5.41, 5.74) is 1.87. The molecule has 0 saturated heterocycles. The number of methoxy groups -OCH3 is 1. The summed E-state index contributed by atoms with van der Waals surface area (Å²) in [5, 5.41) is 19.4. The summed E-state index contributed by atoms with van der Waals surface area (Å²) in [6, 6.07) is 25.2. The fourth-order valence-corrected chi connectivity index (χ4v) is 5.23. The summed E-state index contributed by atoms with van der Waals surface area (Å²) in [7, 11) is 1.52. The number of rotatable bonds is 13. The summed E-state index contributed by atoms with van der Waals surface area (Å²) in [4.78, 5) is 38.5. The van der Waals surface area contributed by atoms with Gasteiger partial charge in [-0.15, -0.1) is 0 Å². The molecular formula is C34H36N4O7.